The molecule has 0 spiro atoms. The van der Waals surface area contributed by atoms with Gasteiger partial charge in [0.2, 0.25) is 5.96 Å². The van der Waals surface area contributed by atoms with Crippen molar-refractivity contribution >= 4 is 17.8 Å². The number of amides is 2. The zero-order valence-electron chi connectivity index (χ0n) is 14.8. The van der Waals surface area contributed by atoms with E-state index in [1.54, 1.807) is 19.0 Å². The predicted molar refractivity (Wildman–Crippen MR) is 95.6 cm³/mol. The van der Waals surface area contributed by atoms with Gasteiger partial charge in [0.25, 0.3) is 0 Å². The standard InChI is InChI=1S/C17H25N5O2/c1-20(2)16(19-17(23)21(3)4)18-15(14-8-6-5-7-9-14)22-10-12-24-13-11-22/h5-9H,10-13H2,1-4H3/b18-15+,19-16-. The third kappa shape index (κ3) is 4.79. The molecule has 1 saturated heterocycles. The van der Waals surface area contributed by atoms with Crippen molar-refractivity contribution < 1.29 is 9.53 Å². The van der Waals surface area contributed by atoms with Gasteiger partial charge in [-0.2, -0.15) is 9.98 Å². The third-order valence-electron chi connectivity index (χ3n) is 3.53. The molecule has 1 aromatic rings. The van der Waals surface area contributed by atoms with Gasteiger partial charge in [-0.1, -0.05) is 30.3 Å². The molecule has 130 valence electrons. The first-order valence-corrected chi connectivity index (χ1v) is 7.93. The zero-order chi connectivity index (χ0) is 17.5. The first-order chi connectivity index (χ1) is 11.5. The van der Waals surface area contributed by atoms with Crippen LogP contribution in [0, 0.1) is 0 Å². The molecular formula is C17H25N5O2. The number of morpholine rings is 1. The second-order valence-electron chi connectivity index (χ2n) is 5.88. The fourth-order valence-corrected chi connectivity index (χ4v) is 2.19. The quantitative estimate of drug-likeness (QED) is 0.576. The highest BCUT2D eigenvalue weighted by atomic mass is 16.5. The van der Waals surface area contributed by atoms with Gasteiger partial charge in [0.15, 0.2) is 0 Å². The topological polar surface area (TPSA) is 60.7 Å². The summed E-state index contributed by atoms with van der Waals surface area (Å²) in [5.74, 6) is 1.18. The van der Waals surface area contributed by atoms with Crippen LogP contribution in [0.1, 0.15) is 5.56 Å². The van der Waals surface area contributed by atoms with E-state index in [1.807, 2.05) is 44.4 Å². The van der Waals surface area contributed by atoms with Crippen molar-refractivity contribution in [2.45, 2.75) is 0 Å². The number of carbonyl (C=O) groups is 1. The highest BCUT2D eigenvalue weighted by molar-refractivity contribution is 6.07. The van der Waals surface area contributed by atoms with Crippen molar-refractivity contribution in [2.75, 3.05) is 54.5 Å². The average molecular weight is 331 g/mol. The molecule has 1 fully saturated rings. The summed E-state index contributed by atoms with van der Waals surface area (Å²) in [7, 11) is 6.99. The highest BCUT2D eigenvalue weighted by Gasteiger charge is 2.18. The van der Waals surface area contributed by atoms with Gasteiger partial charge in [0, 0.05) is 46.8 Å². The molecule has 0 N–H and O–H groups in total. The maximum Gasteiger partial charge on any atom is 0.346 e. The van der Waals surface area contributed by atoms with Gasteiger partial charge in [-0.3, -0.25) is 0 Å². The van der Waals surface area contributed by atoms with Crippen LogP contribution in [0.4, 0.5) is 4.79 Å². The molecule has 0 atom stereocenters. The highest BCUT2D eigenvalue weighted by Crippen LogP contribution is 2.10. The summed E-state index contributed by atoms with van der Waals surface area (Å²) in [6.07, 6.45) is 0. The number of guanidine groups is 1. The van der Waals surface area contributed by atoms with Crippen LogP contribution in [-0.4, -0.2) is 87.0 Å². The molecule has 24 heavy (non-hydrogen) atoms. The SMILES string of the molecule is CN(C)C(=O)/N=C(/N=C(\c1ccccc1)N1CCOCC1)N(C)C. The van der Waals surface area contributed by atoms with E-state index < -0.39 is 0 Å². The number of ether oxygens (including phenoxy) is 1. The van der Waals surface area contributed by atoms with E-state index in [0.29, 0.717) is 19.2 Å². The lowest BCUT2D eigenvalue weighted by Gasteiger charge is -2.30. The summed E-state index contributed by atoms with van der Waals surface area (Å²) < 4.78 is 5.44. The van der Waals surface area contributed by atoms with E-state index >= 15 is 0 Å². The van der Waals surface area contributed by atoms with Crippen LogP contribution in [0.3, 0.4) is 0 Å². The Morgan fingerprint density at radius 2 is 1.62 bits per heavy atom. The van der Waals surface area contributed by atoms with Crippen molar-refractivity contribution in [3.8, 4) is 0 Å². The Labute approximate surface area is 143 Å². The number of hydrogen-bond acceptors (Lipinski definition) is 2. The molecule has 0 radical (unpaired) electrons. The van der Waals surface area contributed by atoms with Crippen molar-refractivity contribution in [1.29, 1.82) is 0 Å². The van der Waals surface area contributed by atoms with Crippen LogP contribution in [0.25, 0.3) is 0 Å². The Balaban J connectivity index is 2.43. The van der Waals surface area contributed by atoms with E-state index in [0.717, 1.165) is 24.5 Å². The average Bonchev–Trinajstić information content (AvgIpc) is 2.59. The normalized spacial score (nSPS) is 16.1. The maximum atomic E-state index is 12.0. The number of hydrogen-bond donors (Lipinski definition) is 0. The van der Waals surface area contributed by atoms with Crippen molar-refractivity contribution in [3.63, 3.8) is 0 Å². The minimum atomic E-state index is -0.336. The van der Waals surface area contributed by atoms with Gasteiger partial charge in [0.1, 0.15) is 5.84 Å². The lowest BCUT2D eigenvalue weighted by Crippen LogP contribution is -2.42. The second-order valence-corrected chi connectivity index (χ2v) is 5.88. The van der Waals surface area contributed by atoms with Crippen LogP contribution in [0.2, 0.25) is 0 Å². The molecule has 0 saturated carbocycles. The summed E-state index contributed by atoms with van der Waals surface area (Å²) >= 11 is 0. The van der Waals surface area contributed by atoms with E-state index in [9.17, 15) is 4.79 Å². The number of carbonyl (C=O) groups excluding carboxylic acids is 1. The molecule has 1 aliphatic rings. The Bertz CT molecular complexity index is 605. The summed E-state index contributed by atoms with van der Waals surface area (Å²) in [6, 6.07) is 9.60. The minimum Gasteiger partial charge on any atom is -0.378 e. The minimum absolute atomic E-state index is 0.336. The molecule has 7 heteroatoms. The largest absolute Gasteiger partial charge is 0.378 e. The van der Waals surface area contributed by atoms with Crippen LogP contribution >= 0.6 is 0 Å². The molecule has 0 aromatic heterocycles. The number of amidine groups is 1. The lowest BCUT2D eigenvalue weighted by molar-refractivity contribution is 0.0683. The van der Waals surface area contributed by atoms with Gasteiger partial charge in [-0.15, -0.1) is 0 Å². The number of benzene rings is 1. The summed E-state index contributed by atoms with van der Waals surface area (Å²) in [5, 5.41) is 0. The zero-order valence-corrected chi connectivity index (χ0v) is 14.8. The first-order valence-electron chi connectivity index (χ1n) is 7.93. The van der Waals surface area contributed by atoms with Crippen LogP contribution in [-0.2, 0) is 4.74 Å². The summed E-state index contributed by atoms with van der Waals surface area (Å²) in [4.78, 5) is 26.1. The van der Waals surface area contributed by atoms with E-state index in [1.165, 1.54) is 4.90 Å². The van der Waals surface area contributed by atoms with Crippen molar-refractivity contribution in [1.82, 2.24) is 14.7 Å². The molecule has 1 aliphatic heterocycles. The Morgan fingerprint density at radius 3 is 2.17 bits per heavy atom. The van der Waals surface area contributed by atoms with Gasteiger partial charge in [-0.25, -0.2) is 4.79 Å². The fourth-order valence-electron chi connectivity index (χ4n) is 2.19. The molecule has 2 rings (SSSR count). The Kier molecular flexibility index (Phi) is 6.31. The number of urea groups is 1. The number of nitrogens with zero attached hydrogens (tertiary/aromatic N) is 5. The van der Waals surface area contributed by atoms with Gasteiger partial charge in [0.05, 0.1) is 13.2 Å². The third-order valence-corrected chi connectivity index (χ3v) is 3.53. The number of aliphatic imine (C=N–C) groups is 2. The van der Waals surface area contributed by atoms with E-state index in [-0.39, 0.29) is 6.03 Å². The second kappa shape index (κ2) is 8.44. The summed E-state index contributed by atoms with van der Waals surface area (Å²) in [5.41, 5.74) is 0.992. The van der Waals surface area contributed by atoms with Crippen molar-refractivity contribution in [3.05, 3.63) is 35.9 Å². The molecule has 1 aromatic carbocycles. The van der Waals surface area contributed by atoms with E-state index in [4.69, 9.17) is 9.73 Å². The Hall–Kier alpha value is -2.41. The fraction of sp³-hybridized carbons (Fsp3) is 0.471. The van der Waals surface area contributed by atoms with Crippen LogP contribution < -0.4 is 0 Å². The maximum absolute atomic E-state index is 12.0. The smallest absolute Gasteiger partial charge is 0.346 e. The molecule has 7 nitrogen and oxygen atoms in total. The van der Waals surface area contributed by atoms with Gasteiger partial charge < -0.3 is 19.4 Å². The molecule has 0 aliphatic carbocycles. The molecule has 1 heterocycles. The summed E-state index contributed by atoms with van der Waals surface area (Å²) in [6.45, 7) is 2.85. The number of rotatable bonds is 1. The van der Waals surface area contributed by atoms with Crippen LogP contribution in [0.15, 0.2) is 40.3 Å². The van der Waals surface area contributed by atoms with Crippen molar-refractivity contribution in [2.24, 2.45) is 9.98 Å². The molecule has 0 unspecified atom stereocenters. The molecular weight excluding hydrogens is 306 g/mol. The Morgan fingerprint density at radius 1 is 1.00 bits per heavy atom. The van der Waals surface area contributed by atoms with E-state index in [2.05, 4.69) is 9.89 Å². The lowest BCUT2D eigenvalue weighted by atomic mass is 10.2. The van der Waals surface area contributed by atoms with Crippen LogP contribution in [0.5, 0.6) is 0 Å². The molecule has 0 bridgehead atoms. The monoisotopic (exact) mass is 331 g/mol. The first kappa shape index (κ1) is 17.9. The van der Waals surface area contributed by atoms with Gasteiger partial charge in [-0.05, 0) is 0 Å². The molecule has 2 amide bonds. The van der Waals surface area contributed by atoms with Gasteiger partial charge >= 0.3 is 6.03 Å². The predicted octanol–water partition coefficient (Wildman–Crippen LogP) is 1.36.